The van der Waals surface area contributed by atoms with Crippen molar-refractivity contribution in [3.63, 3.8) is 0 Å². The van der Waals surface area contributed by atoms with E-state index in [-0.39, 0.29) is 17.1 Å². The molecule has 0 saturated heterocycles. The highest BCUT2D eigenvalue weighted by Gasteiger charge is 2.30. The Bertz CT molecular complexity index is 1160. The van der Waals surface area contributed by atoms with Crippen LogP contribution in [0.3, 0.4) is 0 Å². The van der Waals surface area contributed by atoms with Gasteiger partial charge in [0.2, 0.25) is 15.9 Å². The third kappa shape index (κ3) is 5.95. The molecule has 0 spiro atoms. The van der Waals surface area contributed by atoms with E-state index in [1.807, 2.05) is 6.92 Å². The van der Waals surface area contributed by atoms with Crippen LogP contribution in [0.25, 0.3) is 0 Å². The Hall–Kier alpha value is -3.17. The van der Waals surface area contributed by atoms with Gasteiger partial charge in [-0.05, 0) is 48.9 Å². The molecule has 0 aliphatic carbocycles. The molecule has 3 aromatic rings. The molecule has 9 heteroatoms. The quantitative estimate of drug-likeness (QED) is 0.546. The highest BCUT2D eigenvalue weighted by molar-refractivity contribution is 7.89. The van der Waals surface area contributed by atoms with Gasteiger partial charge in [0, 0.05) is 12.2 Å². The van der Waals surface area contributed by atoms with Crippen molar-refractivity contribution in [2.45, 2.75) is 24.5 Å². The van der Waals surface area contributed by atoms with Crippen LogP contribution in [-0.4, -0.2) is 25.2 Å². The molecule has 0 heterocycles. The number of aryl methyl sites for hydroxylation is 1. The van der Waals surface area contributed by atoms with Crippen LogP contribution in [0.4, 0.5) is 18.9 Å². The van der Waals surface area contributed by atoms with Crippen LogP contribution in [-0.2, 0) is 27.5 Å². The van der Waals surface area contributed by atoms with Crippen LogP contribution in [0.2, 0.25) is 0 Å². The highest BCUT2D eigenvalue weighted by Crippen LogP contribution is 2.29. The lowest BCUT2D eigenvalue weighted by atomic mass is 10.2. The Labute approximate surface area is 184 Å². The Morgan fingerprint density at radius 1 is 0.906 bits per heavy atom. The van der Waals surface area contributed by atoms with Crippen molar-refractivity contribution in [1.82, 2.24) is 4.31 Å². The van der Waals surface area contributed by atoms with E-state index in [9.17, 15) is 26.4 Å². The molecular weight excluding hydrogens is 441 g/mol. The molecule has 32 heavy (non-hydrogen) atoms. The minimum atomic E-state index is -4.49. The molecule has 5 nitrogen and oxygen atoms in total. The average molecular weight is 462 g/mol. The lowest BCUT2D eigenvalue weighted by Crippen LogP contribution is -2.37. The van der Waals surface area contributed by atoms with E-state index in [1.165, 1.54) is 12.1 Å². The van der Waals surface area contributed by atoms with Gasteiger partial charge in [0.1, 0.15) is 0 Å². The second-order valence-corrected chi connectivity index (χ2v) is 9.13. The summed E-state index contributed by atoms with van der Waals surface area (Å²) in [6, 6.07) is 19.0. The van der Waals surface area contributed by atoms with E-state index in [2.05, 4.69) is 5.32 Å². The first-order chi connectivity index (χ1) is 15.1. The number of benzene rings is 3. The van der Waals surface area contributed by atoms with Crippen LogP contribution in [0, 0.1) is 6.92 Å². The fraction of sp³-hybridized carbons (Fsp3) is 0.174. The Morgan fingerprint density at radius 2 is 1.50 bits per heavy atom. The van der Waals surface area contributed by atoms with Crippen molar-refractivity contribution < 1.29 is 26.4 Å². The zero-order chi connectivity index (χ0) is 23.4. The first-order valence-electron chi connectivity index (χ1n) is 9.63. The molecule has 168 valence electrons. The molecule has 0 aliphatic rings. The SMILES string of the molecule is Cc1ccc(S(=O)(=O)N(CC(=O)Nc2ccc(C(F)(F)F)cc2)Cc2ccccc2)cc1. The van der Waals surface area contributed by atoms with Crippen molar-refractivity contribution in [2.24, 2.45) is 0 Å². The third-order valence-corrected chi connectivity index (χ3v) is 6.48. The summed E-state index contributed by atoms with van der Waals surface area (Å²) in [6.07, 6.45) is -4.49. The second kappa shape index (κ2) is 9.54. The van der Waals surface area contributed by atoms with Crippen LogP contribution >= 0.6 is 0 Å². The van der Waals surface area contributed by atoms with Gasteiger partial charge >= 0.3 is 6.18 Å². The Balaban J connectivity index is 1.82. The summed E-state index contributed by atoms with van der Waals surface area (Å²) in [6.45, 7) is 1.28. The lowest BCUT2D eigenvalue weighted by molar-refractivity contribution is -0.137. The van der Waals surface area contributed by atoms with Gasteiger partial charge in [0.15, 0.2) is 0 Å². The van der Waals surface area contributed by atoms with E-state index in [1.54, 1.807) is 42.5 Å². The average Bonchev–Trinajstić information content (AvgIpc) is 2.74. The number of amides is 1. The maximum absolute atomic E-state index is 13.2. The fourth-order valence-corrected chi connectivity index (χ4v) is 4.36. The number of halogens is 3. The molecule has 3 aromatic carbocycles. The summed E-state index contributed by atoms with van der Waals surface area (Å²) < 4.78 is 65.6. The maximum atomic E-state index is 13.2. The first-order valence-corrected chi connectivity index (χ1v) is 11.1. The van der Waals surface area contributed by atoms with E-state index in [0.717, 1.165) is 34.1 Å². The minimum Gasteiger partial charge on any atom is -0.325 e. The van der Waals surface area contributed by atoms with Gasteiger partial charge in [-0.2, -0.15) is 17.5 Å². The Kier molecular flexibility index (Phi) is 7.00. The number of sulfonamides is 1. The molecular formula is C23H21F3N2O3S. The summed E-state index contributed by atoms with van der Waals surface area (Å²) in [7, 11) is -4.01. The molecule has 0 saturated carbocycles. The number of alkyl halides is 3. The normalized spacial score (nSPS) is 12.0. The van der Waals surface area contributed by atoms with E-state index in [4.69, 9.17) is 0 Å². The number of hydrogen-bond donors (Lipinski definition) is 1. The number of hydrogen-bond acceptors (Lipinski definition) is 3. The molecule has 0 aromatic heterocycles. The van der Waals surface area contributed by atoms with Crippen molar-refractivity contribution in [3.05, 3.63) is 95.6 Å². The van der Waals surface area contributed by atoms with E-state index in [0.29, 0.717) is 5.56 Å². The molecule has 1 amide bonds. The zero-order valence-electron chi connectivity index (χ0n) is 17.1. The van der Waals surface area contributed by atoms with Gasteiger partial charge in [0.25, 0.3) is 0 Å². The zero-order valence-corrected chi connectivity index (χ0v) is 18.0. The predicted molar refractivity (Wildman–Crippen MR) is 115 cm³/mol. The minimum absolute atomic E-state index is 0.0429. The topological polar surface area (TPSA) is 66.5 Å². The van der Waals surface area contributed by atoms with Gasteiger partial charge < -0.3 is 5.32 Å². The van der Waals surface area contributed by atoms with Gasteiger partial charge in [-0.15, -0.1) is 0 Å². The van der Waals surface area contributed by atoms with Gasteiger partial charge in [-0.25, -0.2) is 8.42 Å². The molecule has 0 fully saturated rings. The third-order valence-electron chi connectivity index (χ3n) is 4.68. The van der Waals surface area contributed by atoms with Crippen molar-refractivity contribution >= 4 is 21.6 Å². The number of nitrogens with one attached hydrogen (secondary N) is 1. The summed E-state index contributed by atoms with van der Waals surface area (Å²) in [5.74, 6) is -0.670. The van der Waals surface area contributed by atoms with E-state index < -0.39 is 34.2 Å². The van der Waals surface area contributed by atoms with E-state index >= 15 is 0 Å². The molecule has 0 radical (unpaired) electrons. The summed E-state index contributed by atoms with van der Waals surface area (Å²) >= 11 is 0. The van der Waals surface area contributed by atoms with Crippen LogP contribution in [0.1, 0.15) is 16.7 Å². The van der Waals surface area contributed by atoms with Crippen LogP contribution in [0.5, 0.6) is 0 Å². The number of carbonyl (C=O) groups excluding carboxylic acids is 1. The smallest absolute Gasteiger partial charge is 0.325 e. The summed E-state index contributed by atoms with van der Waals surface area (Å²) in [4.78, 5) is 12.6. The molecule has 0 atom stereocenters. The summed E-state index contributed by atoms with van der Waals surface area (Å²) in [5, 5.41) is 2.46. The maximum Gasteiger partial charge on any atom is 0.416 e. The fourth-order valence-electron chi connectivity index (χ4n) is 2.98. The number of carbonyl (C=O) groups is 1. The molecule has 0 aliphatic heterocycles. The summed E-state index contributed by atoms with van der Waals surface area (Å²) in [5.41, 5.74) is 0.864. The standard InChI is InChI=1S/C23H21F3N2O3S/c1-17-7-13-21(14-8-17)32(30,31)28(15-18-5-3-2-4-6-18)16-22(29)27-20-11-9-19(10-12-20)23(24,25)26/h2-14H,15-16H2,1H3,(H,27,29). The van der Waals surface area contributed by atoms with Crippen molar-refractivity contribution in [2.75, 3.05) is 11.9 Å². The monoisotopic (exact) mass is 462 g/mol. The molecule has 0 bridgehead atoms. The first kappa shape index (κ1) is 23.5. The number of rotatable bonds is 7. The number of anilines is 1. The largest absolute Gasteiger partial charge is 0.416 e. The van der Waals surface area contributed by atoms with Crippen molar-refractivity contribution in [1.29, 1.82) is 0 Å². The second-order valence-electron chi connectivity index (χ2n) is 7.20. The lowest BCUT2D eigenvalue weighted by Gasteiger charge is -2.22. The predicted octanol–water partition coefficient (Wildman–Crippen LogP) is 4.84. The van der Waals surface area contributed by atoms with Gasteiger partial charge in [-0.3, -0.25) is 4.79 Å². The van der Waals surface area contributed by atoms with Crippen molar-refractivity contribution in [3.8, 4) is 0 Å². The van der Waals surface area contributed by atoms with Gasteiger partial charge in [-0.1, -0.05) is 48.0 Å². The molecule has 0 unspecified atom stereocenters. The Morgan fingerprint density at radius 3 is 2.06 bits per heavy atom. The molecule has 1 N–H and O–H groups in total. The number of nitrogens with zero attached hydrogens (tertiary/aromatic N) is 1. The van der Waals surface area contributed by atoms with Gasteiger partial charge in [0.05, 0.1) is 17.0 Å². The van der Waals surface area contributed by atoms with Crippen LogP contribution in [0.15, 0.2) is 83.8 Å². The highest BCUT2D eigenvalue weighted by atomic mass is 32.2. The van der Waals surface area contributed by atoms with Crippen LogP contribution < -0.4 is 5.32 Å². The molecule has 3 rings (SSSR count).